The second-order valence-corrected chi connectivity index (χ2v) is 16.5. The molecule has 2 aromatic carbocycles. The van der Waals surface area contributed by atoms with Crippen LogP contribution < -0.4 is 14.4 Å². The number of ether oxygens (including phenoxy) is 2. The first-order valence-corrected chi connectivity index (χ1v) is 19.7. The van der Waals surface area contributed by atoms with Crippen LogP contribution in [0.1, 0.15) is 76.6 Å². The van der Waals surface area contributed by atoms with Crippen molar-refractivity contribution in [3.8, 4) is 5.75 Å². The summed E-state index contributed by atoms with van der Waals surface area (Å²) in [6.07, 6.45) is 15.3. The highest BCUT2D eigenvalue weighted by molar-refractivity contribution is 7.92. The Bertz CT molecular complexity index is 1960. The van der Waals surface area contributed by atoms with Crippen molar-refractivity contribution in [2.24, 2.45) is 22.1 Å². The lowest BCUT2D eigenvalue weighted by Crippen LogP contribution is -2.43. The Morgan fingerprint density at radius 3 is 2.78 bits per heavy atom. The summed E-state index contributed by atoms with van der Waals surface area (Å²) < 4.78 is 35.9. The molecule has 2 bridgehead atoms. The number of amides is 2. The van der Waals surface area contributed by atoms with Crippen LogP contribution in [0.2, 0.25) is 5.02 Å². The summed E-state index contributed by atoms with van der Waals surface area (Å²) in [7, 11) is -1.75. The van der Waals surface area contributed by atoms with Crippen LogP contribution in [0.3, 0.4) is 0 Å². The molecule has 11 heteroatoms. The van der Waals surface area contributed by atoms with Crippen LogP contribution in [0.25, 0.3) is 6.08 Å². The Morgan fingerprint density at radius 1 is 1.10 bits per heavy atom. The number of anilines is 1. The first-order chi connectivity index (χ1) is 24.2. The van der Waals surface area contributed by atoms with E-state index in [1.54, 1.807) is 25.4 Å². The number of allylic oxidation sites excluding steroid dienone is 2. The van der Waals surface area contributed by atoms with Crippen LogP contribution in [0, 0.1) is 17.8 Å². The molecule has 9 nitrogen and oxygen atoms in total. The molecule has 3 aromatic rings. The Morgan fingerprint density at radius 2 is 1.98 bits per heavy atom. The number of halogens is 1. The van der Waals surface area contributed by atoms with Gasteiger partial charge >= 0.3 is 0 Å². The van der Waals surface area contributed by atoms with Crippen LogP contribution in [0.15, 0.2) is 71.3 Å². The number of methoxy groups -OCH3 is 1. The second-order valence-electron chi connectivity index (χ2n) is 14.1. The molecule has 0 radical (unpaired) electrons. The monoisotopic (exact) mass is 716 g/mol. The maximum atomic E-state index is 14.6. The summed E-state index contributed by atoms with van der Waals surface area (Å²) in [5.41, 5.74) is 4.76. The zero-order chi connectivity index (χ0) is 34.8. The Labute approximate surface area is 300 Å². The van der Waals surface area contributed by atoms with E-state index in [4.69, 9.17) is 21.1 Å². The molecule has 264 valence electrons. The van der Waals surface area contributed by atoms with E-state index in [9.17, 15) is 13.8 Å². The van der Waals surface area contributed by atoms with Crippen molar-refractivity contribution >= 4 is 45.1 Å². The number of carbonyl (C=O) groups is 2. The molecule has 1 unspecified atom stereocenters. The molecule has 1 aromatic heterocycles. The molecule has 5 atom stereocenters. The van der Waals surface area contributed by atoms with Gasteiger partial charge in [-0.1, -0.05) is 42.8 Å². The van der Waals surface area contributed by atoms with Crippen LogP contribution in [-0.2, 0) is 34.2 Å². The van der Waals surface area contributed by atoms with Gasteiger partial charge in [0.1, 0.15) is 15.7 Å². The first-order valence-electron chi connectivity index (χ1n) is 17.6. The Balaban J connectivity index is 1.31. The average molecular weight is 717 g/mol. The predicted octanol–water partition coefficient (Wildman–Crippen LogP) is 7.48. The van der Waals surface area contributed by atoms with Gasteiger partial charge < -0.3 is 18.9 Å². The number of nitrogens with one attached hydrogen (secondary N) is 1. The number of hydrogen-bond donors (Lipinski definition) is 1. The van der Waals surface area contributed by atoms with Crippen molar-refractivity contribution in [2.75, 3.05) is 30.9 Å². The lowest BCUT2D eigenvalue weighted by Gasteiger charge is -2.43. The molecule has 3 aliphatic heterocycles. The van der Waals surface area contributed by atoms with Crippen LogP contribution in [0.4, 0.5) is 5.69 Å². The lowest BCUT2D eigenvalue weighted by molar-refractivity contribution is 0.0133. The summed E-state index contributed by atoms with van der Waals surface area (Å²) in [6, 6.07) is 13.2. The number of aryl methyl sites for hydroxylation is 1. The van der Waals surface area contributed by atoms with E-state index in [1.807, 2.05) is 41.8 Å². The Kier molecular flexibility index (Phi) is 10.2. The van der Waals surface area contributed by atoms with Crippen molar-refractivity contribution in [3.63, 3.8) is 0 Å². The van der Waals surface area contributed by atoms with Crippen LogP contribution in [-0.4, -0.2) is 52.7 Å². The van der Waals surface area contributed by atoms with Crippen LogP contribution >= 0.6 is 11.6 Å². The fraction of sp³-hybridized carbons (Fsp3) is 0.436. The largest absolute Gasteiger partial charge is 0.491 e. The minimum atomic E-state index is -3.51. The van der Waals surface area contributed by atoms with Crippen molar-refractivity contribution in [1.29, 1.82) is 0 Å². The van der Waals surface area contributed by atoms with Crippen LogP contribution in [0.5, 0.6) is 5.75 Å². The van der Waals surface area contributed by atoms with E-state index in [2.05, 4.69) is 38.3 Å². The number of fused-ring (bicyclic) bond motifs is 4. The fourth-order valence-corrected chi connectivity index (χ4v) is 9.70. The molecule has 7 rings (SSSR count). The molecule has 1 N–H and O–H groups in total. The maximum absolute atomic E-state index is 14.6. The minimum Gasteiger partial charge on any atom is -0.491 e. The highest BCUT2D eigenvalue weighted by atomic mass is 35.5. The third kappa shape index (κ3) is 7.57. The SMILES string of the molecule is CO[C@H]1/C=C/C[C@H](C)CS(=O)(NC(=O)c2cc3n(c2)CC=C3)=NC(=O)c2ccc3c(c2)N(Cc2ccc(Cl)cc2CCCCO3)C[C@@H]2CC[C@H]21. The molecule has 50 heavy (non-hydrogen) atoms. The van der Waals surface area contributed by atoms with Gasteiger partial charge in [-0.25, -0.2) is 4.21 Å². The Hall–Kier alpha value is -3.86. The van der Waals surface area contributed by atoms with E-state index < -0.39 is 21.7 Å². The third-order valence-corrected chi connectivity index (χ3v) is 12.7. The average Bonchev–Trinajstić information content (AvgIpc) is 3.68. The summed E-state index contributed by atoms with van der Waals surface area (Å²) in [5, 5.41) is 0.717. The van der Waals surface area contributed by atoms with E-state index >= 15 is 0 Å². The quantitative estimate of drug-likeness (QED) is 0.282. The normalized spacial score (nSPS) is 27.3. The number of hydrogen-bond acceptors (Lipinski definition) is 6. The van der Waals surface area contributed by atoms with Crippen molar-refractivity contribution < 1.29 is 23.3 Å². The van der Waals surface area contributed by atoms with Crippen molar-refractivity contribution in [1.82, 2.24) is 9.29 Å². The second kappa shape index (κ2) is 14.8. The van der Waals surface area contributed by atoms with E-state index in [-0.39, 0.29) is 23.3 Å². The molecule has 0 saturated heterocycles. The topological polar surface area (TPSA) is 102 Å². The number of carbonyl (C=O) groups excluding carboxylic acids is 2. The molecule has 1 aliphatic carbocycles. The van der Waals surface area contributed by atoms with Gasteiger partial charge in [0.15, 0.2) is 0 Å². The van der Waals surface area contributed by atoms with Gasteiger partial charge in [-0.05, 0) is 110 Å². The van der Waals surface area contributed by atoms with Crippen molar-refractivity contribution in [3.05, 3.63) is 99.9 Å². The molecule has 0 spiro atoms. The van der Waals surface area contributed by atoms with Gasteiger partial charge in [0.25, 0.3) is 11.8 Å². The zero-order valence-electron chi connectivity index (χ0n) is 28.7. The molecular weight excluding hydrogens is 672 g/mol. The standard InChI is InChI=1S/C39H45ClN4O5S/c1-26-7-5-10-36(48-2)34-15-12-30(34)23-44-22-29-11-14-32(40)19-27(29)8-3-4-18-49-37-16-13-28(21-35(37)44)38(45)41-50(47,25-26)42-39(46)31-20-33-9-6-17-43(33)24-31/h5-6,9-11,13-14,16,19-21,24,26,30,34,36H,3-4,7-8,12,15,17-18,22-23,25H2,1-2H3,(H,41,42,45,46,47)/b10-5+/t26-,30-,34+,36-,50?/m0/s1. The summed E-state index contributed by atoms with van der Waals surface area (Å²) in [5.74, 6) is 0.113. The maximum Gasteiger partial charge on any atom is 0.286 e. The molecular formula is C39H45ClN4O5S. The molecule has 1 fully saturated rings. The zero-order valence-corrected chi connectivity index (χ0v) is 30.3. The fourth-order valence-electron chi connectivity index (χ4n) is 7.61. The van der Waals surface area contributed by atoms with E-state index in [1.165, 1.54) is 11.1 Å². The van der Waals surface area contributed by atoms with Gasteiger partial charge in [-0.3, -0.25) is 14.3 Å². The number of aromatic nitrogens is 1. The van der Waals surface area contributed by atoms with Gasteiger partial charge in [0.2, 0.25) is 0 Å². The highest BCUT2D eigenvalue weighted by Crippen LogP contribution is 2.42. The third-order valence-electron chi connectivity index (χ3n) is 10.4. The minimum absolute atomic E-state index is 0.0194. The van der Waals surface area contributed by atoms with Crippen molar-refractivity contribution in [2.45, 2.75) is 64.6 Å². The first kappa shape index (κ1) is 34.6. The summed E-state index contributed by atoms with van der Waals surface area (Å²) in [4.78, 5) is 29.8. The molecule has 1 saturated carbocycles. The molecule has 4 heterocycles. The smallest absolute Gasteiger partial charge is 0.286 e. The number of nitrogens with zero attached hydrogens (tertiary/aromatic N) is 3. The lowest BCUT2D eigenvalue weighted by atomic mass is 9.70. The summed E-state index contributed by atoms with van der Waals surface area (Å²) >= 11 is 6.47. The molecule has 4 aliphatic rings. The summed E-state index contributed by atoms with van der Waals surface area (Å²) in [6.45, 7) is 4.52. The van der Waals surface area contributed by atoms with E-state index in [0.717, 1.165) is 55.1 Å². The van der Waals surface area contributed by atoms with Gasteiger partial charge in [-0.2, -0.15) is 0 Å². The number of rotatable bonds is 3. The highest BCUT2D eigenvalue weighted by Gasteiger charge is 2.38. The number of benzene rings is 2. The predicted molar refractivity (Wildman–Crippen MR) is 198 cm³/mol. The van der Waals surface area contributed by atoms with Gasteiger partial charge in [0.05, 0.1) is 29.7 Å². The molecule has 2 amide bonds. The van der Waals surface area contributed by atoms with Gasteiger partial charge in [-0.15, -0.1) is 4.36 Å². The van der Waals surface area contributed by atoms with Gasteiger partial charge in [0, 0.05) is 49.2 Å². The van der Waals surface area contributed by atoms with E-state index in [0.29, 0.717) is 49.3 Å².